The second-order valence-corrected chi connectivity index (χ2v) is 12.6. The van der Waals surface area contributed by atoms with Crippen molar-refractivity contribution in [3.8, 4) is 16.9 Å². The average Bonchev–Trinajstić information content (AvgIpc) is 3.13. The summed E-state index contributed by atoms with van der Waals surface area (Å²) in [7, 11) is 0. The zero-order valence-electron chi connectivity index (χ0n) is 28.0. The maximum atomic E-state index is 14.1. The van der Waals surface area contributed by atoms with Gasteiger partial charge in [-0.25, -0.2) is 9.59 Å². The van der Waals surface area contributed by atoms with Crippen molar-refractivity contribution in [1.29, 1.82) is 0 Å². The Balaban J connectivity index is 1.39. The number of ether oxygens (including phenoxy) is 1. The lowest BCUT2D eigenvalue weighted by Gasteiger charge is -2.28. The summed E-state index contributed by atoms with van der Waals surface area (Å²) in [6.07, 6.45) is -0.789. The number of alkyl halides is 3. The first-order chi connectivity index (χ1) is 24.4. The Hall–Kier alpha value is -5.36. The minimum absolute atomic E-state index is 0.116. The third-order valence-corrected chi connectivity index (χ3v) is 8.99. The molecule has 1 unspecified atom stereocenters. The van der Waals surface area contributed by atoms with E-state index in [-0.39, 0.29) is 23.4 Å². The number of para-hydroxylation sites is 1. The Bertz CT molecular complexity index is 1810. The Labute approximate surface area is 294 Å². The van der Waals surface area contributed by atoms with Crippen molar-refractivity contribution in [3.05, 3.63) is 119 Å². The van der Waals surface area contributed by atoms with Gasteiger partial charge in [0.15, 0.2) is 6.10 Å². The van der Waals surface area contributed by atoms with Gasteiger partial charge in [0, 0.05) is 16.8 Å². The van der Waals surface area contributed by atoms with Gasteiger partial charge in [-0.15, -0.1) is 13.2 Å². The summed E-state index contributed by atoms with van der Waals surface area (Å²) >= 11 is 0. The zero-order valence-corrected chi connectivity index (χ0v) is 28.0. The van der Waals surface area contributed by atoms with Crippen LogP contribution in [0.1, 0.15) is 78.0 Å². The molecule has 1 fully saturated rings. The van der Waals surface area contributed by atoms with Gasteiger partial charge >= 0.3 is 18.4 Å². The third kappa shape index (κ3) is 9.88. The van der Waals surface area contributed by atoms with Crippen LogP contribution in [0.2, 0.25) is 0 Å². The van der Waals surface area contributed by atoms with Crippen molar-refractivity contribution < 1.29 is 42.5 Å². The molecule has 4 aromatic rings. The lowest BCUT2D eigenvalue weighted by molar-refractivity contribution is -0.274. The number of carboxylic acid groups (broad SMARTS) is 1. The van der Waals surface area contributed by atoms with Gasteiger partial charge in [-0.1, -0.05) is 86.0 Å². The molecule has 1 saturated carbocycles. The Morgan fingerprint density at radius 3 is 2.14 bits per heavy atom. The molecule has 51 heavy (non-hydrogen) atoms. The topological polar surface area (TPSA) is 128 Å². The van der Waals surface area contributed by atoms with Crippen LogP contribution in [-0.4, -0.2) is 47.1 Å². The summed E-state index contributed by atoms with van der Waals surface area (Å²) in [4.78, 5) is 39.1. The molecule has 9 nitrogen and oxygen atoms in total. The number of hydrogen-bond donors (Lipinski definition) is 4. The first-order valence-electron chi connectivity index (χ1n) is 16.8. The van der Waals surface area contributed by atoms with E-state index in [1.165, 1.54) is 43.0 Å². The molecule has 4 N–H and O–H groups in total. The molecule has 0 spiro atoms. The fourth-order valence-electron chi connectivity index (χ4n) is 6.33. The van der Waals surface area contributed by atoms with E-state index in [2.05, 4.69) is 15.4 Å². The van der Waals surface area contributed by atoms with Gasteiger partial charge in [0.1, 0.15) is 5.75 Å². The molecule has 0 aromatic heterocycles. The highest BCUT2D eigenvalue weighted by Crippen LogP contribution is 2.38. The summed E-state index contributed by atoms with van der Waals surface area (Å²) in [5.41, 5.74) is 4.05. The van der Waals surface area contributed by atoms with Gasteiger partial charge < -0.3 is 25.6 Å². The van der Waals surface area contributed by atoms with Crippen LogP contribution in [0.4, 0.5) is 23.7 Å². The van der Waals surface area contributed by atoms with Crippen LogP contribution in [0.15, 0.2) is 97.1 Å². The molecule has 0 bridgehead atoms. The SMILES string of the molecule is CC(NC(=O)N(Cc1ccc(C(=O)NC[C@@H](O)C(=O)O)cc1)c1ccc(C2CCCCC2)cc1)c1ccccc1-c1ccccc1OC(F)(F)F. The Morgan fingerprint density at radius 1 is 0.863 bits per heavy atom. The molecular formula is C39H40F3N3O6. The van der Waals surface area contributed by atoms with Gasteiger partial charge in [-0.3, -0.25) is 9.69 Å². The minimum Gasteiger partial charge on any atom is -0.479 e. The van der Waals surface area contributed by atoms with Crippen LogP contribution in [-0.2, 0) is 11.3 Å². The number of anilines is 1. The maximum absolute atomic E-state index is 14.1. The number of benzene rings is 4. The molecule has 3 amide bonds. The molecule has 4 aromatic carbocycles. The average molecular weight is 704 g/mol. The van der Waals surface area contributed by atoms with Crippen LogP contribution in [0, 0.1) is 0 Å². The lowest BCUT2D eigenvalue weighted by atomic mass is 9.84. The fourth-order valence-corrected chi connectivity index (χ4v) is 6.33. The Kier molecular flexibility index (Phi) is 12.0. The number of halogens is 3. The van der Waals surface area contributed by atoms with E-state index >= 15 is 0 Å². The van der Waals surface area contributed by atoms with Crippen molar-refractivity contribution >= 4 is 23.6 Å². The summed E-state index contributed by atoms with van der Waals surface area (Å²) in [5.74, 6) is -1.91. The number of urea groups is 1. The molecule has 12 heteroatoms. The number of rotatable bonds is 12. The van der Waals surface area contributed by atoms with Gasteiger partial charge in [-0.2, -0.15) is 0 Å². The third-order valence-electron chi connectivity index (χ3n) is 8.99. The number of aliphatic carboxylic acids is 1. The van der Waals surface area contributed by atoms with E-state index < -0.39 is 43.0 Å². The van der Waals surface area contributed by atoms with Gasteiger partial charge in [0.2, 0.25) is 0 Å². The van der Waals surface area contributed by atoms with E-state index in [9.17, 15) is 32.7 Å². The summed E-state index contributed by atoms with van der Waals surface area (Å²) in [6.45, 7) is 1.41. The van der Waals surface area contributed by atoms with E-state index in [1.54, 1.807) is 66.4 Å². The second-order valence-electron chi connectivity index (χ2n) is 12.6. The molecule has 0 heterocycles. The Morgan fingerprint density at radius 2 is 1.49 bits per heavy atom. The number of amides is 3. The maximum Gasteiger partial charge on any atom is 0.573 e. The number of carbonyl (C=O) groups is 3. The van der Waals surface area contributed by atoms with Crippen molar-refractivity contribution in [3.63, 3.8) is 0 Å². The van der Waals surface area contributed by atoms with Gasteiger partial charge in [0.05, 0.1) is 19.1 Å². The zero-order chi connectivity index (χ0) is 36.5. The number of aliphatic hydroxyl groups excluding tert-OH is 1. The van der Waals surface area contributed by atoms with Gasteiger partial charge in [-0.05, 0) is 78.3 Å². The standard InChI is InChI=1S/C39H40F3N3O6/c1-25(31-11-5-6-12-32(31)33-13-7-8-14-35(33)51-39(40,41)42)44-38(50)45(30-21-19-28(20-22-30)27-9-3-2-4-10-27)24-26-15-17-29(18-16-26)36(47)43-23-34(46)37(48)49/h5-8,11-22,25,27,34,46H,2-4,9-10,23-24H2,1H3,(H,43,47)(H,44,50)(H,48,49)/t25?,34-/m1/s1. The van der Waals surface area contributed by atoms with Crippen molar-refractivity contribution in [2.24, 2.45) is 0 Å². The number of carbonyl (C=O) groups excluding carboxylic acids is 2. The van der Waals surface area contributed by atoms with Crippen LogP contribution in [0.5, 0.6) is 5.75 Å². The highest BCUT2D eigenvalue weighted by molar-refractivity contribution is 5.95. The number of nitrogens with one attached hydrogen (secondary N) is 2. The number of hydrogen-bond acceptors (Lipinski definition) is 5. The van der Waals surface area contributed by atoms with E-state index in [0.29, 0.717) is 28.3 Å². The van der Waals surface area contributed by atoms with Crippen molar-refractivity contribution in [1.82, 2.24) is 10.6 Å². The molecule has 0 saturated heterocycles. The first-order valence-corrected chi connectivity index (χ1v) is 16.8. The highest BCUT2D eigenvalue weighted by atomic mass is 19.4. The van der Waals surface area contributed by atoms with Crippen LogP contribution in [0.3, 0.4) is 0 Å². The molecular weight excluding hydrogens is 663 g/mol. The van der Waals surface area contributed by atoms with E-state index in [1.807, 2.05) is 24.3 Å². The monoisotopic (exact) mass is 703 g/mol. The molecule has 268 valence electrons. The summed E-state index contributed by atoms with van der Waals surface area (Å²) in [6, 6.07) is 26.0. The summed E-state index contributed by atoms with van der Waals surface area (Å²) < 4.78 is 44.1. The fraction of sp³-hybridized carbons (Fsp3) is 0.308. The normalized spacial score (nSPS) is 14.6. The number of aliphatic hydroxyl groups is 1. The molecule has 0 aliphatic heterocycles. The largest absolute Gasteiger partial charge is 0.573 e. The predicted octanol–water partition coefficient (Wildman–Crippen LogP) is 7.95. The minimum atomic E-state index is -4.89. The van der Waals surface area contributed by atoms with Crippen LogP contribution < -0.4 is 20.3 Å². The second kappa shape index (κ2) is 16.6. The van der Waals surface area contributed by atoms with Crippen molar-refractivity contribution in [2.75, 3.05) is 11.4 Å². The lowest BCUT2D eigenvalue weighted by Crippen LogP contribution is -2.41. The smallest absolute Gasteiger partial charge is 0.479 e. The number of nitrogens with zero attached hydrogens (tertiary/aromatic N) is 1. The highest BCUT2D eigenvalue weighted by Gasteiger charge is 2.32. The number of carboxylic acids is 1. The molecule has 1 aliphatic carbocycles. The predicted molar refractivity (Wildman–Crippen MR) is 186 cm³/mol. The quantitative estimate of drug-likeness (QED) is 0.119. The van der Waals surface area contributed by atoms with Gasteiger partial charge in [0.25, 0.3) is 5.91 Å². The summed E-state index contributed by atoms with van der Waals surface area (Å²) in [5, 5.41) is 23.7. The molecule has 2 atom stereocenters. The van der Waals surface area contributed by atoms with E-state index in [4.69, 9.17) is 5.11 Å². The van der Waals surface area contributed by atoms with Crippen molar-refractivity contribution in [2.45, 2.75) is 70.0 Å². The van der Waals surface area contributed by atoms with Crippen LogP contribution in [0.25, 0.3) is 11.1 Å². The molecule has 0 radical (unpaired) electrons. The van der Waals surface area contributed by atoms with Crippen LogP contribution >= 0.6 is 0 Å². The molecule has 5 rings (SSSR count). The molecule has 1 aliphatic rings. The first kappa shape index (κ1) is 36.9. The van der Waals surface area contributed by atoms with E-state index in [0.717, 1.165) is 12.8 Å².